The van der Waals surface area contributed by atoms with Crippen molar-refractivity contribution in [2.24, 2.45) is 5.73 Å². The molecule has 5 heteroatoms. The molecule has 1 fully saturated rings. The predicted molar refractivity (Wildman–Crippen MR) is 76.4 cm³/mol. The highest BCUT2D eigenvalue weighted by atomic mass is 79.9. The van der Waals surface area contributed by atoms with Gasteiger partial charge in [-0.3, -0.25) is 4.79 Å². The van der Waals surface area contributed by atoms with Crippen LogP contribution in [0.25, 0.3) is 0 Å². The minimum atomic E-state index is -0.366. The van der Waals surface area contributed by atoms with Crippen molar-refractivity contribution in [2.75, 3.05) is 0 Å². The fourth-order valence-corrected chi connectivity index (χ4v) is 2.97. The molecule has 0 radical (unpaired) electrons. The molecule has 0 spiro atoms. The van der Waals surface area contributed by atoms with E-state index >= 15 is 0 Å². The summed E-state index contributed by atoms with van der Waals surface area (Å²) in [5.74, 6) is -0.566. The molecule has 104 valence electrons. The summed E-state index contributed by atoms with van der Waals surface area (Å²) in [6.45, 7) is 0. The van der Waals surface area contributed by atoms with Crippen molar-refractivity contribution in [3.8, 4) is 0 Å². The minimum absolute atomic E-state index is 0.00525. The van der Waals surface area contributed by atoms with Crippen molar-refractivity contribution >= 4 is 21.8 Å². The number of carbonyl (C=O) groups excluding carboxylic acids is 1. The Balaban J connectivity index is 2.07. The van der Waals surface area contributed by atoms with Gasteiger partial charge < -0.3 is 11.1 Å². The largest absolute Gasteiger partial charge is 0.348 e. The second kappa shape index (κ2) is 6.48. The van der Waals surface area contributed by atoms with E-state index in [0.29, 0.717) is 10.0 Å². The third-order valence-corrected chi connectivity index (χ3v) is 4.22. The Morgan fingerprint density at radius 2 is 2.05 bits per heavy atom. The van der Waals surface area contributed by atoms with Crippen molar-refractivity contribution in [3.05, 3.63) is 34.1 Å². The van der Waals surface area contributed by atoms with Crippen LogP contribution in [0.4, 0.5) is 4.39 Å². The number of benzene rings is 1. The van der Waals surface area contributed by atoms with Crippen LogP contribution < -0.4 is 11.1 Å². The van der Waals surface area contributed by atoms with Gasteiger partial charge in [0.15, 0.2) is 0 Å². The van der Waals surface area contributed by atoms with Crippen molar-refractivity contribution in [2.45, 2.75) is 44.2 Å². The SMILES string of the molecule is NC1CCCCCC1NC(=O)c1ccc(F)cc1Br. The summed E-state index contributed by atoms with van der Waals surface area (Å²) in [4.78, 5) is 12.2. The maximum absolute atomic E-state index is 13.0. The van der Waals surface area contributed by atoms with Crippen molar-refractivity contribution in [1.82, 2.24) is 5.32 Å². The van der Waals surface area contributed by atoms with Crippen LogP contribution in [-0.2, 0) is 0 Å². The third-order valence-electron chi connectivity index (χ3n) is 3.56. The Morgan fingerprint density at radius 3 is 2.79 bits per heavy atom. The van der Waals surface area contributed by atoms with Gasteiger partial charge in [0.2, 0.25) is 0 Å². The van der Waals surface area contributed by atoms with E-state index in [9.17, 15) is 9.18 Å². The summed E-state index contributed by atoms with van der Waals surface area (Å²) in [7, 11) is 0. The van der Waals surface area contributed by atoms with Crippen molar-refractivity contribution < 1.29 is 9.18 Å². The van der Waals surface area contributed by atoms with Crippen molar-refractivity contribution in [1.29, 1.82) is 0 Å². The molecule has 3 N–H and O–H groups in total. The monoisotopic (exact) mass is 328 g/mol. The molecular weight excluding hydrogens is 311 g/mol. The molecule has 0 aromatic heterocycles. The first-order valence-corrected chi connectivity index (χ1v) is 7.38. The summed E-state index contributed by atoms with van der Waals surface area (Å²) in [5.41, 5.74) is 6.52. The van der Waals surface area contributed by atoms with Crippen LogP contribution in [0.3, 0.4) is 0 Å². The van der Waals surface area contributed by atoms with E-state index in [2.05, 4.69) is 21.2 Å². The molecule has 1 aromatic carbocycles. The van der Waals surface area contributed by atoms with Gasteiger partial charge in [-0.2, -0.15) is 0 Å². The number of carbonyl (C=O) groups is 1. The molecule has 1 aliphatic carbocycles. The lowest BCUT2D eigenvalue weighted by atomic mass is 10.0. The fraction of sp³-hybridized carbons (Fsp3) is 0.500. The van der Waals surface area contributed by atoms with Gasteiger partial charge in [0, 0.05) is 16.6 Å². The number of hydrogen-bond acceptors (Lipinski definition) is 2. The Bertz CT molecular complexity index is 467. The van der Waals surface area contributed by atoms with E-state index in [4.69, 9.17) is 5.73 Å². The maximum atomic E-state index is 13.0. The highest BCUT2D eigenvalue weighted by molar-refractivity contribution is 9.10. The van der Waals surface area contributed by atoms with Crippen LogP contribution in [0.15, 0.2) is 22.7 Å². The first-order chi connectivity index (χ1) is 9.08. The molecule has 1 saturated carbocycles. The second-order valence-corrected chi connectivity index (χ2v) is 5.86. The maximum Gasteiger partial charge on any atom is 0.252 e. The van der Waals surface area contributed by atoms with E-state index in [1.807, 2.05) is 0 Å². The van der Waals surface area contributed by atoms with E-state index < -0.39 is 0 Å². The topological polar surface area (TPSA) is 55.1 Å². The van der Waals surface area contributed by atoms with E-state index in [1.54, 1.807) is 0 Å². The lowest BCUT2D eigenvalue weighted by Gasteiger charge is -2.23. The number of nitrogens with two attached hydrogens (primary N) is 1. The molecule has 0 bridgehead atoms. The second-order valence-electron chi connectivity index (χ2n) is 5.01. The van der Waals surface area contributed by atoms with Gasteiger partial charge in [-0.15, -0.1) is 0 Å². The molecule has 19 heavy (non-hydrogen) atoms. The predicted octanol–water partition coefficient (Wildman–Crippen LogP) is 2.98. The molecule has 0 saturated heterocycles. The highest BCUT2D eigenvalue weighted by Gasteiger charge is 2.23. The standard InChI is InChI=1S/C14H18BrFN2O/c15-11-8-9(16)6-7-10(11)14(19)18-13-5-3-1-2-4-12(13)17/h6-8,12-13H,1-5,17H2,(H,18,19). The van der Waals surface area contributed by atoms with Gasteiger partial charge in [-0.25, -0.2) is 4.39 Å². The molecule has 2 rings (SSSR count). The quantitative estimate of drug-likeness (QED) is 0.820. The molecule has 1 aromatic rings. The van der Waals surface area contributed by atoms with Gasteiger partial charge in [-0.05, 0) is 47.0 Å². The Morgan fingerprint density at radius 1 is 1.32 bits per heavy atom. The lowest BCUT2D eigenvalue weighted by molar-refractivity contribution is 0.0928. The Labute approximate surface area is 120 Å². The summed E-state index contributed by atoms with van der Waals surface area (Å²) in [6, 6.07) is 4.07. The zero-order valence-electron chi connectivity index (χ0n) is 10.7. The highest BCUT2D eigenvalue weighted by Crippen LogP contribution is 2.20. The molecule has 0 heterocycles. The molecule has 2 unspecified atom stereocenters. The molecule has 2 atom stereocenters. The molecule has 1 aliphatic rings. The zero-order chi connectivity index (χ0) is 13.8. The minimum Gasteiger partial charge on any atom is -0.348 e. The smallest absolute Gasteiger partial charge is 0.252 e. The van der Waals surface area contributed by atoms with Gasteiger partial charge >= 0.3 is 0 Å². The molecule has 3 nitrogen and oxygen atoms in total. The van der Waals surface area contributed by atoms with Crippen LogP contribution in [0.1, 0.15) is 42.5 Å². The van der Waals surface area contributed by atoms with Crippen molar-refractivity contribution in [3.63, 3.8) is 0 Å². The summed E-state index contributed by atoms with van der Waals surface area (Å²) in [6.07, 6.45) is 5.22. The van der Waals surface area contributed by atoms with Crippen LogP contribution in [0, 0.1) is 5.82 Å². The van der Waals surface area contributed by atoms with Gasteiger partial charge in [0.25, 0.3) is 5.91 Å². The molecule has 0 aliphatic heterocycles. The molecule has 1 amide bonds. The number of nitrogens with one attached hydrogen (secondary N) is 1. The van der Waals surface area contributed by atoms with E-state index in [-0.39, 0.29) is 23.8 Å². The van der Waals surface area contributed by atoms with Gasteiger partial charge in [-0.1, -0.05) is 19.3 Å². The molecular formula is C14H18BrFN2O. The number of hydrogen-bond donors (Lipinski definition) is 2. The number of halogens is 2. The van der Waals surface area contributed by atoms with Crippen LogP contribution in [-0.4, -0.2) is 18.0 Å². The Hall–Kier alpha value is -0.940. The van der Waals surface area contributed by atoms with E-state index in [0.717, 1.165) is 25.7 Å². The lowest BCUT2D eigenvalue weighted by Crippen LogP contribution is -2.47. The van der Waals surface area contributed by atoms with E-state index in [1.165, 1.54) is 24.6 Å². The summed E-state index contributed by atoms with van der Waals surface area (Å²) >= 11 is 3.21. The summed E-state index contributed by atoms with van der Waals surface area (Å²) in [5, 5.41) is 2.97. The van der Waals surface area contributed by atoms with Gasteiger partial charge in [0.1, 0.15) is 5.82 Å². The average molecular weight is 329 g/mol. The first-order valence-electron chi connectivity index (χ1n) is 6.59. The normalized spacial score (nSPS) is 23.7. The number of rotatable bonds is 2. The third kappa shape index (κ3) is 3.76. The Kier molecular flexibility index (Phi) is 4.93. The summed E-state index contributed by atoms with van der Waals surface area (Å²) < 4.78 is 13.5. The zero-order valence-corrected chi connectivity index (χ0v) is 12.2. The van der Waals surface area contributed by atoms with Crippen LogP contribution >= 0.6 is 15.9 Å². The van der Waals surface area contributed by atoms with Gasteiger partial charge in [0.05, 0.1) is 5.56 Å². The first kappa shape index (κ1) is 14.5. The van der Waals surface area contributed by atoms with Crippen LogP contribution in [0.5, 0.6) is 0 Å². The average Bonchev–Trinajstić information content (AvgIpc) is 2.55. The van der Waals surface area contributed by atoms with Crippen LogP contribution in [0.2, 0.25) is 0 Å². The number of amides is 1. The fourth-order valence-electron chi connectivity index (χ4n) is 2.44.